The number of aromatic nitrogens is 3. The van der Waals surface area contributed by atoms with Gasteiger partial charge in [0, 0.05) is 5.02 Å². The van der Waals surface area contributed by atoms with Crippen molar-refractivity contribution < 1.29 is 0 Å². The van der Waals surface area contributed by atoms with E-state index in [0.29, 0.717) is 6.54 Å². The van der Waals surface area contributed by atoms with E-state index < -0.39 is 0 Å². The predicted molar refractivity (Wildman–Crippen MR) is 74.4 cm³/mol. The number of aryl methyl sites for hydroxylation is 1. The third kappa shape index (κ3) is 4.13. The summed E-state index contributed by atoms with van der Waals surface area (Å²) < 4.78 is 0.788. The fourth-order valence-corrected chi connectivity index (χ4v) is 1.62. The second-order valence-electron chi connectivity index (χ2n) is 3.23. The van der Waals surface area contributed by atoms with Gasteiger partial charge in [-0.3, -0.25) is 0 Å². The van der Waals surface area contributed by atoms with Gasteiger partial charge in [0.25, 0.3) is 0 Å². The van der Waals surface area contributed by atoms with Gasteiger partial charge in [0.05, 0.1) is 12.2 Å². The first-order valence-electron chi connectivity index (χ1n) is 5.47. The summed E-state index contributed by atoms with van der Waals surface area (Å²) in [6.45, 7) is 6.57. The molecule has 0 aliphatic heterocycles. The Kier molecular flexibility index (Phi) is 5.65. The molecular formula is C12H15BrClN3. The van der Waals surface area contributed by atoms with Gasteiger partial charge < -0.3 is 0 Å². The zero-order chi connectivity index (χ0) is 12.8. The summed E-state index contributed by atoms with van der Waals surface area (Å²) in [6.07, 6.45) is 0. The molecule has 1 heterocycles. The van der Waals surface area contributed by atoms with Crippen LogP contribution in [0.15, 0.2) is 28.9 Å². The normalized spacial score (nSPS) is 9.71. The van der Waals surface area contributed by atoms with Crippen LogP contribution in [0.25, 0.3) is 0 Å². The lowest BCUT2D eigenvalue weighted by Crippen LogP contribution is -2.03. The van der Waals surface area contributed by atoms with Crippen LogP contribution < -0.4 is 0 Å². The molecule has 92 valence electrons. The fraction of sp³-hybridized carbons (Fsp3) is 0.333. The minimum absolute atomic E-state index is 0.656. The lowest BCUT2D eigenvalue weighted by atomic mass is 10.2. The van der Waals surface area contributed by atoms with Crippen molar-refractivity contribution >= 4 is 27.5 Å². The van der Waals surface area contributed by atoms with Crippen molar-refractivity contribution in [1.82, 2.24) is 15.0 Å². The molecule has 0 unspecified atom stereocenters. The Bertz CT molecular complexity index is 446. The lowest BCUT2D eigenvalue weighted by Gasteiger charge is -1.99. The molecule has 2 aromatic rings. The maximum atomic E-state index is 5.80. The lowest BCUT2D eigenvalue weighted by molar-refractivity contribution is 0.585. The maximum Gasteiger partial charge on any atom is 0.151 e. The van der Waals surface area contributed by atoms with Gasteiger partial charge >= 0.3 is 0 Å². The van der Waals surface area contributed by atoms with E-state index in [-0.39, 0.29) is 0 Å². The largest absolute Gasteiger partial charge is 0.179 e. The number of benzene rings is 1. The van der Waals surface area contributed by atoms with Gasteiger partial charge in [-0.1, -0.05) is 37.6 Å². The van der Waals surface area contributed by atoms with E-state index >= 15 is 0 Å². The molecule has 2 rings (SSSR count). The van der Waals surface area contributed by atoms with Crippen molar-refractivity contribution in [3.05, 3.63) is 45.1 Å². The van der Waals surface area contributed by atoms with Crippen molar-refractivity contribution in [1.29, 1.82) is 0 Å². The van der Waals surface area contributed by atoms with E-state index in [9.17, 15) is 0 Å². The first kappa shape index (κ1) is 14.2. The molecule has 0 saturated carbocycles. The Morgan fingerprint density at radius 1 is 1.18 bits per heavy atom. The number of nitrogens with zero attached hydrogens (tertiary/aromatic N) is 3. The zero-order valence-corrected chi connectivity index (χ0v) is 12.5. The van der Waals surface area contributed by atoms with Crippen LogP contribution in [0.1, 0.15) is 25.1 Å². The summed E-state index contributed by atoms with van der Waals surface area (Å²) in [4.78, 5) is 1.66. The van der Waals surface area contributed by atoms with Crippen LogP contribution >= 0.6 is 27.5 Å². The van der Waals surface area contributed by atoms with Crippen LogP contribution in [0.2, 0.25) is 5.02 Å². The molecule has 0 aliphatic carbocycles. The maximum absolute atomic E-state index is 5.80. The van der Waals surface area contributed by atoms with E-state index in [4.69, 9.17) is 11.6 Å². The molecule has 1 aromatic heterocycles. The van der Waals surface area contributed by atoms with Gasteiger partial charge in [-0.2, -0.15) is 9.90 Å². The molecular weight excluding hydrogens is 302 g/mol. The minimum Gasteiger partial charge on any atom is -0.179 e. The Hall–Kier alpha value is -0.870. The summed E-state index contributed by atoms with van der Waals surface area (Å²) in [7, 11) is 0. The molecule has 0 aliphatic rings. The Morgan fingerprint density at radius 3 is 2.24 bits per heavy atom. The van der Waals surface area contributed by atoms with Gasteiger partial charge in [-0.25, -0.2) is 0 Å². The first-order valence-corrected chi connectivity index (χ1v) is 6.64. The van der Waals surface area contributed by atoms with E-state index in [1.807, 2.05) is 45.0 Å². The van der Waals surface area contributed by atoms with Gasteiger partial charge in [0.2, 0.25) is 0 Å². The van der Waals surface area contributed by atoms with Crippen molar-refractivity contribution in [3.63, 3.8) is 0 Å². The van der Waals surface area contributed by atoms with Crippen LogP contribution in [-0.2, 0) is 6.54 Å². The van der Waals surface area contributed by atoms with Crippen molar-refractivity contribution in [2.24, 2.45) is 0 Å². The molecule has 0 bridgehead atoms. The summed E-state index contributed by atoms with van der Waals surface area (Å²) in [5.74, 6) is 0. The number of rotatable bonds is 2. The molecule has 5 heteroatoms. The standard InChI is InChI=1S/C10H9BrClN3.C2H6/c1-7-10(11)14-15(13-7)6-8-2-4-9(12)5-3-8;1-2/h2-5H,6H2,1H3;1-2H3. The Labute approximate surface area is 115 Å². The highest BCUT2D eigenvalue weighted by molar-refractivity contribution is 9.10. The monoisotopic (exact) mass is 315 g/mol. The molecule has 0 amide bonds. The third-order valence-corrected chi connectivity index (χ3v) is 2.99. The first-order chi connectivity index (χ1) is 8.15. The van der Waals surface area contributed by atoms with Crippen molar-refractivity contribution in [3.8, 4) is 0 Å². The van der Waals surface area contributed by atoms with E-state index in [1.54, 1.807) is 4.80 Å². The highest BCUT2D eigenvalue weighted by Crippen LogP contribution is 2.12. The van der Waals surface area contributed by atoms with Gasteiger partial charge in [0.1, 0.15) is 0 Å². The molecule has 17 heavy (non-hydrogen) atoms. The van der Waals surface area contributed by atoms with Crippen molar-refractivity contribution in [2.45, 2.75) is 27.3 Å². The third-order valence-electron chi connectivity index (χ3n) is 2.00. The van der Waals surface area contributed by atoms with Crippen molar-refractivity contribution in [2.75, 3.05) is 0 Å². The van der Waals surface area contributed by atoms with E-state index in [0.717, 1.165) is 20.9 Å². The quantitative estimate of drug-likeness (QED) is 0.836. The molecule has 0 atom stereocenters. The molecule has 0 N–H and O–H groups in total. The SMILES string of the molecule is CC.Cc1nn(Cc2ccc(Cl)cc2)nc1Br. The van der Waals surface area contributed by atoms with Gasteiger partial charge in [0.15, 0.2) is 4.60 Å². The molecule has 0 fully saturated rings. The van der Waals surface area contributed by atoms with Crippen LogP contribution in [0.3, 0.4) is 0 Å². The van der Waals surface area contributed by atoms with E-state index in [2.05, 4.69) is 26.1 Å². The second-order valence-corrected chi connectivity index (χ2v) is 4.42. The zero-order valence-electron chi connectivity index (χ0n) is 10.1. The summed E-state index contributed by atoms with van der Waals surface area (Å²) in [5.41, 5.74) is 2.02. The smallest absolute Gasteiger partial charge is 0.151 e. The van der Waals surface area contributed by atoms with Gasteiger partial charge in [-0.15, -0.1) is 5.10 Å². The second kappa shape index (κ2) is 6.77. The molecule has 3 nitrogen and oxygen atoms in total. The van der Waals surface area contributed by atoms with Crippen LogP contribution in [0.4, 0.5) is 0 Å². The molecule has 0 radical (unpaired) electrons. The number of halogens is 2. The summed E-state index contributed by atoms with van der Waals surface area (Å²) in [5, 5.41) is 9.21. The number of hydrogen-bond donors (Lipinski definition) is 0. The Balaban J connectivity index is 0.000000686. The number of hydrogen-bond acceptors (Lipinski definition) is 2. The van der Waals surface area contributed by atoms with Gasteiger partial charge in [-0.05, 0) is 40.5 Å². The minimum atomic E-state index is 0.656. The molecule has 0 spiro atoms. The highest BCUT2D eigenvalue weighted by atomic mass is 79.9. The average Bonchev–Trinajstić information content (AvgIpc) is 2.64. The topological polar surface area (TPSA) is 30.7 Å². The van der Waals surface area contributed by atoms with Crippen LogP contribution in [-0.4, -0.2) is 15.0 Å². The van der Waals surface area contributed by atoms with Crippen LogP contribution in [0.5, 0.6) is 0 Å². The summed E-state index contributed by atoms with van der Waals surface area (Å²) >= 11 is 9.12. The highest BCUT2D eigenvalue weighted by Gasteiger charge is 2.03. The fourth-order valence-electron chi connectivity index (χ4n) is 1.23. The Morgan fingerprint density at radius 2 is 1.76 bits per heavy atom. The summed E-state index contributed by atoms with van der Waals surface area (Å²) in [6, 6.07) is 7.66. The molecule has 1 aromatic carbocycles. The molecule has 0 saturated heterocycles. The van der Waals surface area contributed by atoms with E-state index in [1.165, 1.54) is 0 Å². The average molecular weight is 317 g/mol. The van der Waals surface area contributed by atoms with Crippen LogP contribution in [0, 0.1) is 6.92 Å². The predicted octanol–water partition coefficient (Wildman–Crippen LogP) is 4.08.